The second kappa shape index (κ2) is 8.61. The fraction of sp³-hybridized carbons (Fsp3) is 0.800. The molecule has 0 rings (SSSR count). The molecule has 0 unspecified atom stereocenters. The first-order valence-electron chi connectivity index (χ1n) is 5.15. The summed E-state index contributed by atoms with van der Waals surface area (Å²) < 4.78 is 5.36. The van der Waals surface area contributed by atoms with Gasteiger partial charge in [0, 0.05) is 19.8 Å². The molecule has 3 N–H and O–H groups in total. The normalized spacial score (nSPS) is 10.3. The molecule has 0 aromatic heterocycles. The van der Waals surface area contributed by atoms with Crippen LogP contribution < -0.4 is 11.1 Å². The molecular weight excluding hydrogens is 212 g/mol. The van der Waals surface area contributed by atoms with Crippen LogP contribution in [0.4, 0.5) is 0 Å². The van der Waals surface area contributed by atoms with E-state index in [2.05, 4.69) is 31.4 Å². The van der Waals surface area contributed by atoms with Gasteiger partial charge in [0.1, 0.15) is 0 Å². The predicted molar refractivity (Wildman–Crippen MR) is 64.7 cm³/mol. The average molecular weight is 232 g/mol. The Balaban J connectivity index is 3.24. The van der Waals surface area contributed by atoms with Gasteiger partial charge in [0.05, 0.1) is 11.4 Å². The van der Waals surface area contributed by atoms with Crippen molar-refractivity contribution in [1.82, 2.24) is 5.32 Å². The van der Waals surface area contributed by atoms with Crippen molar-refractivity contribution in [3.8, 4) is 0 Å². The van der Waals surface area contributed by atoms with Gasteiger partial charge in [0.2, 0.25) is 5.91 Å². The van der Waals surface area contributed by atoms with Crippen LogP contribution in [0.2, 0.25) is 0 Å². The fourth-order valence-electron chi connectivity index (χ4n) is 0.942. The number of hydrogen-bond acceptors (Lipinski definition) is 3. The number of rotatable bonds is 8. The van der Waals surface area contributed by atoms with Crippen LogP contribution in [0.25, 0.3) is 0 Å². The van der Waals surface area contributed by atoms with Gasteiger partial charge < -0.3 is 15.8 Å². The summed E-state index contributed by atoms with van der Waals surface area (Å²) in [5, 5.41) is 2.72. The summed E-state index contributed by atoms with van der Waals surface area (Å²) in [4.78, 5) is 11.3. The minimum Gasteiger partial charge on any atom is -0.393 e. The SMILES string of the molecule is CC(C)COCCCNC(=O)CC(N)=S. The smallest absolute Gasteiger partial charge is 0.226 e. The van der Waals surface area contributed by atoms with E-state index < -0.39 is 0 Å². The highest BCUT2D eigenvalue weighted by Gasteiger charge is 2.01. The van der Waals surface area contributed by atoms with Gasteiger partial charge in [0.15, 0.2) is 0 Å². The molecule has 88 valence electrons. The van der Waals surface area contributed by atoms with Crippen LogP contribution >= 0.6 is 12.2 Å². The number of ether oxygens (including phenoxy) is 1. The highest BCUT2D eigenvalue weighted by atomic mass is 32.1. The summed E-state index contributed by atoms with van der Waals surface area (Å²) in [6, 6.07) is 0. The van der Waals surface area contributed by atoms with Gasteiger partial charge in [-0.3, -0.25) is 4.79 Å². The molecule has 0 aliphatic heterocycles. The molecule has 0 atom stereocenters. The molecule has 0 fully saturated rings. The summed E-state index contributed by atoms with van der Waals surface area (Å²) in [5.74, 6) is 0.431. The van der Waals surface area contributed by atoms with Crippen LogP contribution in [0.15, 0.2) is 0 Å². The molecule has 0 aromatic rings. The molecule has 0 aromatic carbocycles. The molecule has 0 heterocycles. The van der Waals surface area contributed by atoms with Crippen molar-refractivity contribution in [1.29, 1.82) is 0 Å². The molecule has 0 aliphatic rings. The lowest BCUT2D eigenvalue weighted by atomic mass is 10.2. The zero-order chi connectivity index (χ0) is 11.7. The summed E-state index contributed by atoms with van der Waals surface area (Å²) >= 11 is 4.61. The standard InChI is InChI=1S/C10H20N2O2S/c1-8(2)7-14-5-3-4-12-10(13)6-9(11)15/h8H,3-7H2,1-2H3,(H2,11,15)(H,12,13). The predicted octanol–water partition coefficient (Wildman–Crippen LogP) is 0.842. The highest BCUT2D eigenvalue weighted by molar-refractivity contribution is 7.80. The maximum absolute atomic E-state index is 11.1. The molecule has 0 radical (unpaired) electrons. The Kier molecular flexibility index (Phi) is 8.22. The largest absolute Gasteiger partial charge is 0.393 e. The lowest BCUT2D eigenvalue weighted by Crippen LogP contribution is -2.29. The van der Waals surface area contributed by atoms with Crippen LogP contribution in [-0.4, -0.2) is 30.7 Å². The van der Waals surface area contributed by atoms with Crippen LogP contribution in [0, 0.1) is 5.92 Å². The Morgan fingerprint density at radius 2 is 2.20 bits per heavy atom. The Morgan fingerprint density at radius 1 is 1.53 bits per heavy atom. The Labute approximate surface area is 96.5 Å². The lowest BCUT2D eigenvalue weighted by Gasteiger charge is -2.07. The monoisotopic (exact) mass is 232 g/mol. The van der Waals surface area contributed by atoms with Crippen LogP contribution in [0.1, 0.15) is 26.7 Å². The molecule has 15 heavy (non-hydrogen) atoms. The topological polar surface area (TPSA) is 64.3 Å². The van der Waals surface area contributed by atoms with Gasteiger partial charge in [-0.1, -0.05) is 26.1 Å². The van der Waals surface area contributed by atoms with Crippen molar-refractivity contribution < 1.29 is 9.53 Å². The second-order valence-corrected chi connectivity index (χ2v) is 4.34. The molecule has 0 saturated carbocycles. The number of nitrogens with two attached hydrogens (primary N) is 1. The minimum absolute atomic E-state index is 0.119. The first-order valence-corrected chi connectivity index (χ1v) is 5.56. The van der Waals surface area contributed by atoms with E-state index in [9.17, 15) is 4.79 Å². The molecule has 0 bridgehead atoms. The maximum Gasteiger partial charge on any atom is 0.226 e. The first kappa shape index (κ1) is 14.3. The van der Waals surface area contributed by atoms with Crippen molar-refractivity contribution in [3.63, 3.8) is 0 Å². The summed E-state index contributed by atoms with van der Waals surface area (Å²) in [7, 11) is 0. The highest BCUT2D eigenvalue weighted by Crippen LogP contribution is 1.92. The average Bonchev–Trinajstić information content (AvgIpc) is 2.09. The van der Waals surface area contributed by atoms with Gasteiger partial charge in [-0.25, -0.2) is 0 Å². The van der Waals surface area contributed by atoms with E-state index in [1.165, 1.54) is 0 Å². The van der Waals surface area contributed by atoms with Crippen LogP contribution in [0.3, 0.4) is 0 Å². The molecule has 1 amide bonds. The van der Waals surface area contributed by atoms with Gasteiger partial charge in [-0.05, 0) is 12.3 Å². The number of thiocarbonyl (C=S) groups is 1. The van der Waals surface area contributed by atoms with E-state index in [4.69, 9.17) is 10.5 Å². The second-order valence-electron chi connectivity index (χ2n) is 3.82. The van der Waals surface area contributed by atoms with Crippen LogP contribution in [-0.2, 0) is 9.53 Å². The third-order valence-electron chi connectivity index (χ3n) is 1.57. The summed E-state index contributed by atoms with van der Waals surface area (Å²) in [6.07, 6.45) is 0.942. The van der Waals surface area contributed by atoms with Crippen molar-refractivity contribution in [2.75, 3.05) is 19.8 Å². The van der Waals surface area contributed by atoms with E-state index >= 15 is 0 Å². The Bertz CT molecular complexity index is 208. The first-order chi connectivity index (χ1) is 7.02. The van der Waals surface area contributed by atoms with Gasteiger partial charge in [-0.15, -0.1) is 0 Å². The summed E-state index contributed by atoms with van der Waals surface area (Å²) in [6.45, 7) is 6.25. The van der Waals surface area contributed by atoms with E-state index in [0.717, 1.165) is 13.0 Å². The number of hydrogen-bond donors (Lipinski definition) is 2. The van der Waals surface area contributed by atoms with Crippen molar-refractivity contribution in [2.24, 2.45) is 11.7 Å². The quantitative estimate of drug-likeness (QED) is 0.481. The maximum atomic E-state index is 11.1. The third-order valence-corrected chi connectivity index (χ3v) is 1.72. The molecule has 5 heteroatoms. The molecule has 4 nitrogen and oxygen atoms in total. The van der Waals surface area contributed by atoms with E-state index in [1.807, 2.05) is 0 Å². The minimum atomic E-state index is -0.119. The zero-order valence-corrected chi connectivity index (χ0v) is 10.2. The van der Waals surface area contributed by atoms with Crippen molar-refractivity contribution >= 4 is 23.1 Å². The number of carbonyl (C=O) groups is 1. The number of amides is 1. The van der Waals surface area contributed by atoms with Crippen molar-refractivity contribution in [3.05, 3.63) is 0 Å². The van der Waals surface area contributed by atoms with Crippen LogP contribution in [0.5, 0.6) is 0 Å². The summed E-state index contributed by atoms with van der Waals surface area (Å²) in [5.41, 5.74) is 5.22. The third kappa shape index (κ3) is 11.2. The Hall–Kier alpha value is -0.680. The Morgan fingerprint density at radius 3 is 2.73 bits per heavy atom. The van der Waals surface area contributed by atoms with Gasteiger partial charge >= 0.3 is 0 Å². The lowest BCUT2D eigenvalue weighted by molar-refractivity contribution is -0.119. The molecule has 0 saturated heterocycles. The van der Waals surface area contributed by atoms with Crippen molar-refractivity contribution in [2.45, 2.75) is 26.7 Å². The van der Waals surface area contributed by atoms with E-state index in [-0.39, 0.29) is 17.3 Å². The number of nitrogens with one attached hydrogen (secondary N) is 1. The van der Waals surface area contributed by atoms with Gasteiger partial charge in [-0.2, -0.15) is 0 Å². The van der Waals surface area contributed by atoms with E-state index in [0.29, 0.717) is 19.1 Å². The van der Waals surface area contributed by atoms with E-state index in [1.54, 1.807) is 0 Å². The zero-order valence-electron chi connectivity index (χ0n) is 9.41. The number of carbonyl (C=O) groups excluding carboxylic acids is 1. The fourth-order valence-corrected chi connectivity index (χ4v) is 1.07. The molecule has 0 aliphatic carbocycles. The molecular formula is C10H20N2O2S. The van der Waals surface area contributed by atoms with Gasteiger partial charge in [0.25, 0.3) is 0 Å². The molecule has 0 spiro atoms.